The van der Waals surface area contributed by atoms with Crippen LogP contribution in [0.4, 0.5) is 0 Å². The summed E-state index contributed by atoms with van der Waals surface area (Å²) in [7, 11) is -9.91. The number of esters is 4. The Balaban J connectivity index is 5.15. The van der Waals surface area contributed by atoms with E-state index in [-0.39, 0.29) is 25.7 Å². The number of phosphoric acid groups is 2. The summed E-state index contributed by atoms with van der Waals surface area (Å²) < 4.78 is 68.4. The molecule has 19 heteroatoms. The van der Waals surface area contributed by atoms with Gasteiger partial charge in [-0.2, -0.15) is 0 Å². The van der Waals surface area contributed by atoms with Gasteiger partial charge < -0.3 is 33.8 Å². The summed E-state index contributed by atoms with van der Waals surface area (Å²) in [4.78, 5) is 72.6. The molecular weight excluding hydrogens is 1260 g/mol. The number of aliphatic hydroxyl groups is 1. The van der Waals surface area contributed by atoms with Gasteiger partial charge in [0.25, 0.3) is 0 Å². The van der Waals surface area contributed by atoms with E-state index in [1.165, 1.54) is 199 Å². The van der Waals surface area contributed by atoms with Gasteiger partial charge in [-0.25, -0.2) is 9.13 Å². The van der Waals surface area contributed by atoms with E-state index in [4.69, 9.17) is 37.0 Å². The summed E-state index contributed by atoms with van der Waals surface area (Å²) in [5.41, 5.74) is 0. The predicted octanol–water partition coefficient (Wildman–Crippen LogP) is 22.6. The maximum atomic E-state index is 13.1. The van der Waals surface area contributed by atoms with Gasteiger partial charge in [0, 0.05) is 25.7 Å². The van der Waals surface area contributed by atoms with Crippen LogP contribution in [0.3, 0.4) is 0 Å². The van der Waals surface area contributed by atoms with Crippen molar-refractivity contribution in [2.24, 2.45) is 17.8 Å². The number of carbonyl (C=O) groups excluding carboxylic acids is 4. The van der Waals surface area contributed by atoms with E-state index in [2.05, 4.69) is 48.5 Å². The van der Waals surface area contributed by atoms with Gasteiger partial charge in [0.1, 0.15) is 19.3 Å². The number of unbranched alkanes of at least 4 members (excludes halogenated alkanes) is 42. The highest BCUT2D eigenvalue weighted by molar-refractivity contribution is 7.47. The average Bonchev–Trinajstić information content (AvgIpc) is 1.32. The molecule has 0 radical (unpaired) electrons. The molecule has 570 valence electrons. The van der Waals surface area contributed by atoms with Crippen LogP contribution < -0.4 is 0 Å². The van der Waals surface area contributed by atoms with Gasteiger partial charge in [0.2, 0.25) is 0 Å². The molecule has 0 amide bonds. The summed E-state index contributed by atoms with van der Waals surface area (Å²) in [6.07, 6.45) is 54.5. The summed E-state index contributed by atoms with van der Waals surface area (Å²) in [5, 5.41) is 10.6. The SMILES string of the molecule is CCCCCCCCCCC(=O)OC[C@H](COP(=O)(O)OC[C@H](O)COP(=O)(O)OC[C@@H](COC(=O)CCCCCCCCCCCCCCCCC(C)C)OC(=O)CCCCCCCCCCCCCCCCCCCCC(C)CC)OC(=O)CCCCCCCCC(C)C. The minimum absolute atomic E-state index is 0.102. The molecule has 0 aliphatic rings. The van der Waals surface area contributed by atoms with Gasteiger partial charge in [-0.15, -0.1) is 0 Å². The van der Waals surface area contributed by atoms with Crippen molar-refractivity contribution in [3.63, 3.8) is 0 Å². The summed E-state index contributed by atoms with van der Waals surface area (Å²) in [6.45, 7) is 11.9. The molecule has 96 heavy (non-hydrogen) atoms. The predicted molar refractivity (Wildman–Crippen MR) is 391 cm³/mol. The lowest BCUT2D eigenvalue weighted by Gasteiger charge is -2.21. The molecule has 0 bridgehead atoms. The fourth-order valence-corrected chi connectivity index (χ4v) is 13.3. The number of ether oxygens (including phenoxy) is 4. The molecule has 3 N–H and O–H groups in total. The van der Waals surface area contributed by atoms with Crippen molar-refractivity contribution in [3.05, 3.63) is 0 Å². The topological polar surface area (TPSA) is 237 Å². The van der Waals surface area contributed by atoms with Crippen LogP contribution in [0.1, 0.15) is 395 Å². The fourth-order valence-electron chi connectivity index (χ4n) is 11.7. The summed E-state index contributed by atoms with van der Waals surface area (Å²) in [6, 6.07) is 0. The second-order valence-electron chi connectivity index (χ2n) is 28.9. The van der Waals surface area contributed by atoms with Gasteiger partial charge >= 0.3 is 39.5 Å². The third-order valence-electron chi connectivity index (χ3n) is 18.2. The number of hydrogen-bond acceptors (Lipinski definition) is 15. The zero-order chi connectivity index (χ0) is 70.9. The average molecular weight is 1410 g/mol. The van der Waals surface area contributed by atoms with Crippen molar-refractivity contribution >= 4 is 39.5 Å². The Labute approximate surface area is 588 Å². The zero-order valence-electron chi connectivity index (χ0n) is 62.8. The monoisotopic (exact) mass is 1410 g/mol. The number of rotatable bonds is 75. The maximum Gasteiger partial charge on any atom is 0.472 e. The van der Waals surface area contributed by atoms with Crippen molar-refractivity contribution in [1.29, 1.82) is 0 Å². The number of carbonyl (C=O) groups is 4. The molecule has 0 spiro atoms. The van der Waals surface area contributed by atoms with E-state index in [1.807, 2.05) is 0 Å². The quantitative estimate of drug-likeness (QED) is 0.0222. The smallest absolute Gasteiger partial charge is 0.462 e. The standard InChI is InChI=1S/C77H150O17P2/c1-8-10-11-12-13-36-44-51-58-74(79)87-65-73(94-77(82)61-54-47-40-39-42-49-56-69(5)6)67-92-96(85,86)90-63-71(78)62-89-95(83,84)91-66-72(64-88-75(80)59-52-45-37-32-28-24-21-20-22-26-30-34-41-48-55-68(3)4)93-76(81)60-53-46-38-33-29-25-19-17-15-14-16-18-23-27-31-35-43-50-57-70(7)9-2/h68-73,78H,8-67H2,1-7H3,(H,83,84)(H,85,86)/t70?,71-,72-,73-/m1/s1. The van der Waals surface area contributed by atoms with Crippen LogP contribution in [0.5, 0.6) is 0 Å². The Morgan fingerprint density at radius 3 is 0.792 bits per heavy atom. The zero-order valence-corrected chi connectivity index (χ0v) is 64.6. The molecular formula is C77H150O17P2. The van der Waals surface area contributed by atoms with E-state index in [0.29, 0.717) is 31.6 Å². The van der Waals surface area contributed by atoms with E-state index in [1.54, 1.807) is 0 Å². The van der Waals surface area contributed by atoms with Gasteiger partial charge in [-0.05, 0) is 43.4 Å². The molecule has 0 aromatic heterocycles. The first-order valence-corrected chi connectivity index (χ1v) is 42.9. The lowest BCUT2D eigenvalue weighted by molar-refractivity contribution is -0.161. The highest BCUT2D eigenvalue weighted by Gasteiger charge is 2.30. The van der Waals surface area contributed by atoms with Crippen LogP contribution >= 0.6 is 15.6 Å². The molecule has 0 aromatic carbocycles. The molecule has 0 aliphatic carbocycles. The second-order valence-corrected chi connectivity index (χ2v) is 31.8. The van der Waals surface area contributed by atoms with E-state index < -0.39 is 97.5 Å². The van der Waals surface area contributed by atoms with Crippen LogP contribution in [-0.2, 0) is 65.4 Å². The minimum atomic E-state index is -4.96. The minimum Gasteiger partial charge on any atom is -0.462 e. The molecule has 17 nitrogen and oxygen atoms in total. The van der Waals surface area contributed by atoms with Crippen LogP contribution in [0.15, 0.2) is 0 Å². The largest absolute Gasteiger partial charge is 0.472 e. The van der Waals surface area contributed by atoms with E-state index in [9.17, 15) is 43.2 Å². The Morgan fingerprint density at radius 1 is 0.302 bits per heavy atom. The van der Waals surface area contributed by atoms with Gasteiger partial charge in [-0.3, -0.25) is 37.3 Å². The second kappa shape index (κ2) is 67.5. The van der Waals surface area contributed by atoms with Crippen molar-refractivity contribution < 1.29 is 80.2 Å². The Hall–Kier alpha value is -1.94. The lowest BCUT2D eigenvalue weighted by Crippen LogP contribution is -2.30. The lowest BCUT2D eigenvalue weighted by atomic mass is 9.99. The molecule has 6 atom stereocenters. The van der Waals surface area contributed by atoms with Crippen molar-refractivity contribution in [2.75, 3.05) is 39.6 Å². The van der Waals surface area contributed by atoms with Crippen LogP contribution in [-0.4, -0.2) is 96.7 Å². The number of hydrogen-bond donors (Lipinski definition) is 3. The Kier molecular flexibility index (Phi) is 66.2. The molecule has 0 rings (SSSR count). The number of aliphatic hydroxyl groups excluding tert-OH is 1. The van der Waals surface area contributed by atoms with Crippen molar-refractivity contribution in [1.82, 2.24) is 0 Å². The highest BCUT2D eigenvalue weighted by Crippen LogP contribution is 2.45. The van der Waals surface area contributed by atoms with Gasteiger partial charge in [0.15, 0.2) is 12.2 Å². The third kappa shape index (κ3) is 69.2. The molecule has 0 saturated heterocycles. The van der Waals surface area contributed by atoms with Gasteiger partial charge in [-0.1, -0.05) is 344 Å². The first kappa shape index (κ1) is 94.1. The molecule has 0 aliphatic heterocycles. The van der Waals surface area contributed by atoms with E-state index in [0.717, 1.165) is 108 Å². The van der Waals surface area contributed by atoms with Crippen LogP contribution in [0.2, 0.25) is 0 Å². The molecule has 0 aromatic rings. The third-order valence-corrected chi connectivity index (χ3v) is 20.1. The normalized spacial score (nSPS) is 14.3. The maximum absolute atomic E-state index is 13.1. The molecule has 3 unspecified atom stereocenters. The fraction of sp³-hybridized carbons (Fsp3) is 0.948. The first-order chi connectivity index (χ1) is 46.3. The summed E-state index contributed by atoms with van der Waals surface area (Å²) >= 11 is 0. The van der Waals surface area contributed by atoms with Crippen molar-refractivity contribution in [2.45, 2.75) is 414 Å². The van der Waals surface area contributed by atoms with Crippen molar-refractivity contribution in [3.8, 4) is 0 Å². The summed E-state index contributed by atoms with van der Waals surface area (Å²) in [5.74, 6) is 0.215. The number of phosphoric ester groups is 2. The van der Waals surface area contributed by atoms with Crippen LogP contribution in [0, 0.1) is 17.8 Å². The van der Waals surface area contributed by atoms with E-state index >= 15 is 0 Å². The molecule has 0 saturated carbocycles. The Bertz CT molecular complexity index is 1870. The highest BCUT2D eigenvalue weighted by atomic mass is 31.2. The molecule has 0 heterocycles. The van der Waals surface area contributed by atoms with Crippen LogP contribution in [0.25, 0.3) is 0 Å². The molecule has 0 fully saturated rings. The Morgan fingerprint density at radius 2 is 0.531 bits per heavy atom. The van der Waals surface area contributed by atoms with Gasteiger partial charge in [0.05, 0.1) is 26.4 Å². The first-order valence-electron chi connectivity index (χ1n) is 39.9.